The van der Waals surface area contributed by atoms with Crippen molar-refractivity contribution in [2.24, 2.45) is 0 Å². The Morgan fingerprint density at radius 2 is 2.21 bits per heavy atom. The number of aliphatic hydroxyl groups excluding tert-OH is 1. The first-order valence-electron chi connectivity index (χ1n) is 5.20. The third-order valence-corrected chi connectivity index (χ3v) is 2.25. The van der Waals surface area contributed by atoms with E-state index in [9.17, 15) is 0 Å². The van der Waals surface area contributed by atoms with E-state index in [4.69, 9.17) is 5.11 Å². The number of benzene rings is 1. The normalized spacial score (nSPS) is 12.5. The summed E-state index contributed by atoms with van der Waals surface area (Å²) in [5.41, 5.74) is 2.33. The number of hydrogen-bond acceptors (Lipinski definition) is 2. The van der Waals surface area contributed by atoms with E-state index in [-0.39, 0.29) is 12.6 Å². The number of aryl methyl sites for hydroxylation is 1. The van der Waals surface area contributed by atoms with E-state index in [0.717, 1.165) is 18.5 Å². The molecule has 1 atom stereocenters. The van der Waals surface area contributed by atoms with Crippen molar-refractivity contribution in [3.05, 3.63) is 29.8 Å². The molecule has 1 unspecified atom stereocenters. The highest BCUT2D eigenvalue weighted by Crippen LogP contribution is 2.12. The number of anilines is 1. The zero-order valence-electron chi connectivity index (χ0n) is 8.96. The van der Waals surface area contributed by atoms with Gasteiger partial charge in [-0.1, -0.05) is 25.5 Å². The Morgan fingerprint density at radius 3 is 2.79 bits per heavy atom. The van der Waals surface area contributed by atoms with Gasteiger partial charge in [0.2, 0.25) is 0 Å². The Bertz CT molecular complexity index is 273. The standard InChI is InChI=1S/C12H19NO/c1-3-5-12(9-14)13-11-7-4-6-10(2)8-11/h4,6-8,12-14H,3,5,9H2,1-2H3. The van der Waals surface area contributed by atoms with Crippen molar-refractivity contribution in [2.45, 2.75) is 32.7 Å². The van der Waals surface area contributed by atoms with Crippen molar-refractivity contribution >= 4 is 5.69 Å². The summed E-state index contributed by atoms with van der Waals surface area (Å²) in [7, 11) is 0. The van der Waals surface area contributed by atoms with E-state index in [0.29, 0.717) is 0 Å². The molecule has 0 radical (unpaired) electrons. The summed E-state index contributed by atoms with van der Waals surface area (Å²) in [5.74, 6) is 0. The molecule has 0 saturated heterocycles. The molecule has 0 amide bonds. The zero-order valence-corrected chi connectivity index (χ0v) is 8.96. The average molecular weight is 193 g/mol. The Hall–Kier alpha value is -1.02. The van der Waals surface area contributed by atoms with Gasteiger partial charge in [-0.15, -0.1) is 0 Å². The van der Waals surface area contributed by atoms with Crippen molar-refractivity contribution in [1.82, 2.24) is 0 Å². The van der Waals surface area contributed by atoms with E-state index in [1.165, 1.54) is 5.56 Å². The highest BCUT2D eigenvalue weighted by atomic mass is 16.3. The number of rotatable bonds is 5. The van der Waals surface area contributed by atoms with Gasteiger partial charge >= 0.3 is 0 Å². The molecule has 0 saturated carbocycles. The highest BCUT2D eigenvalue weighted by Gasteiger charge is 2.04. The van der Waals surface area contributed by atoms with Crippen LogP contribution in [0.2, 0.25) is 0 Å². The Kier molecular flexibility index (Phi) is 4.47. The molecular formula is C12H19NO. The third kappa shape index (κ3) is 3.38. The number of hydrogen-bond donors (Lipinski definition) is 2. The van der Waals surface area contributed by atoms with E-state index in [1.807, 2.05) is 12.1 Å². The van der Waals surface area contributed by atoms with Crippen LogP contribution in [-0.4, -0.2) is 17.8 Å². The van der Waals surface area contributed by atoms with Gasteiger partial charge in [0.25, 0.3) is 0 Å². The SMILES string of the molecule is CCCC(CO)Nc1cccc(C)c1. The molecule has 78 valence electrons. The molecule has 0 bridgehead atoms. The van der Waals surface area contributed by atoms with Gasteiger partial charge in [0.05, 0.1) is 6.61 Å². The van der Waals surface area contributed by atoms with Crippen molar-refractivity contribution in [3.8, 4) is 0 Å². The molecule has 2 nitrogen and oxygen atoms in total. The van der Waals surface area contributed by atoms with Crippen molar-refractivity contribution in [1.29, 1.82) is 0 Å². The van der Waals surface area contributed by atoms with Crippen molar-refractivity contribution < 1.29 is 5.11 Å². The Labute approximate surface area is 86.0 Å². The van der Waals surface area contributed by atoms with Crippen LogP contribution in [0.1, 0.15) is 25.3 Å². The molecule has 2 heteroatoms. The van der Waals surface area contributed by atoms with Crippen molar-refractivity contribution in [3.63, 3.8) is 0 Å². The molecule has 0 aliphatic rings. The highest BCUT2D eigenvalue weighted by molar-refractivity contribution is 5.46. The van der Waals surface area contributed by atoms with Gasteiger partial charge < -0.3 is 10.4 Å². The second-order valence-electron chi connectivity index (χ2n) is 3.68. The van der Waals surface area contributed by atoms with Crippen LogP contribution in [-0.2, 0) is 0 Å². The molecule has 1 rings (SSSR count). The average Bonchev–Trinajstić information content (AvgIpc) is 2.17. The zero-order chi connectivity index (χ0) is 10.4. The first-order chi connectivity index (χ1) is 6.76. The van der Waals surface area contributed by atoms with Gasteiger partial charge in [-0.3, -0.25) is 0 Å². The molecule has 0 aliphatic heterocycles. The van der Waals surface area contributed by atoms with Crippen LogP contribution in [0.4, 0.5) is 5.69 Å². The lowest BCUT2D eigenvalue weighted by Crippen LogP contribution is -2.23. The smallest absolute Gasteiger partial charge is 0.0632 e. The van der Waals surface area contributed by atoms with E-state index in [2.05, 4.69) is 31.3 Å². The first kappa shape index (κ1) is 11.1. The molecule has 14 heavy (non-hydrogen) atoms. The third-order valence-electron chi connectivity index (χ3n) is 2.25. The van der Waals surface area contributed by atoms with Crippen molar-refractivity contribution in [2.75, 3.05) is 11.9 Å². The quantitative estimate of drug-likeness (QED) is 0.753. The predicted molar refractivity (Wildman–Crippen MR) is 60.6 cm³/mol. The van der Waals surface area contributed by atoms with Crippen LogP contribution in [0.25, 0.3) is 0 Å². The first-order valence-corrected chi connectivity index (χ1v) is 5.20. The van der Waals surface area contributed by atoms with Gasteiger partial charge in [-0.05, 0) is 31.0 Å². The minimum absolute atomic E-state index is 0.182. The molecule has 0 aromatic heterocycles. The topological polar surface area (TPSA) is 32.3 Å². The van der Waals surface area contributed by atoms with E-state index >= 15 is 0 Å². The summed E-state index contributed by atoms with van der Waals surface area (Å²) in [6, 6.07) is 8.41. The number of nitrogens with one attached hydrogen (secondary N) is 1. The maximum atomic E-state index is 9.13. The lowest BCUT2D eigenvalue weighted by atomic mass is 10.1. The van der Waals surface area contributed by atoms with Gasteiger partial charge in [-0.2, -0.15) is 0 Å². The Balaban J connectivity index is 2.57. The second kappa shape index (κ2) is 5.66. The van der Waals surface area contributed by atoms with E-state index in [1.54, 1.807) is 0 Å². The van der Waals surface area contributed by atoms with Gasteiger partial charge in [-0.25, -0.2) is 0 Å². The largest absolute Gasteiger partial charge is 0.394 e. The maximum absolute atomic E-state index is 9.13. The van der Waals surface area contributed by atoms with E-state index < -0.39 is 0 Å². The van der Waals surface area contributed by atoms with Crippen LogP contribution < -0.4 is 5.32 Å². The van der Waals surface area contributed by atoms with Crippen LogP contribution in [0.3, 0.4) is 0 Å². The lowest BCUT2D eigenvalue weighted by Gasteiger charge is -2.16. The van der Waals surface area contributed by atoms with Crippen LogP contribution in [0.5, 0.6) is 0 Å². The van der Waals surface area contributed by atoms with Gasteiger partial charge in [0.15, 0.2) is 0 Å². The minimum atomic E-state index is 0.182. The minimum Gasteiger partial charge on any atom is -0.394 e. The number of aliphatic hydroxyl groups is 1. The molecule has 0 fully saturated rings. The monoisotopic (exact) mass is 193 g/mol. The predicted octanol–water partition coefficient (Wildman–Crippen LogP) is 2.57. The summed E-state index contributed by atoms with van der Waals surface area (Å²) < 4.78 is 0. The fraction of sp³-hybridized carbons (Fsp3) is 0.500. The van der Waals surface area contributed by atoms with Gasteiger partial charge in [0.1, 0.15) is 0 Å². The van der Waals surface area contributed by atoms with Crippen LogP contribution in [0.15, 0.2) is 24.3 Å². The Morgan fingerprint density at radius 1 is 1.43 bits per heavy atom. The fourth-order valence-corrected chi connectivity index (χ4v) is 1.53. The fourth-order valence-electron chi connectivity index (χ4n) is 1.53. The molecule has 1 aromatic rings. The summed E-state index contributed by atoms with van der Waals surface area (Å²) in [4.78, 5) is 0. The maximum Gasteiger partial charge on any atom is 0.0632 e. The molecule has 0 spiro atoms. The van der Waals surface area contributed by atoms with Crippen LogP contribution in [0, 0.1) is 6.92 Å². The second-order valence-corrected chi connectivity index (χ2v) is 3.68. The summed E-state index contributed by atoms with van der Waals surface area (Å²) in [5, 5.41) is 12.4. The molecular weight excluding hydrogens is 174 g/mol. The molecule has 0 aliphatic carbocycles. The summed E-state index contributed by atoms with van der Waals surface area (Å²) in [6.45, 7) is 4.39. The molecule has 1 aromatic carbocycles. The molecule has 2 N–H and O–H groups in total. The van der Waals surface area contributed by atoms with Gasteiger partial charge in [0, 0.05) is 11.7 Å². The molecule has 0 heterocycles. The summed E-state index contributed by atoms with van der Waals surface area (Å²) >= 11 is 0. The summed E-state index contributed by atoms with van der Waals surface area (Å²) in [6.07, 6.45) is 2.09. The lowest BCUT2D eigenvalue weighted by molar-refractivity contribution is 0.268. The van der Waals surface area contributed by atoms with Crippen LogP contribution >= 0.6 is 0 Å².